The van der Waals surface area contributed by atoms with Gasteiger partial charge in [0, 0.05) is 44.0 Å². The summed E-state index contributed by atoms with van der Waals surface area (Å²) in [7, 11) is 0. The lowest BCUT2D eigenvalue weighted by atomic mass is 9.49. The van der Waals surface area contributed by atoms with Crippen LogP contribution in [0.5, 0.6) is 0 Å². The number of nitrogens with zero attached hydrogens (tertiary/aromatic N) is 3. The van der Waals surface area contributed by atoms with Crippen LogP contribution >= 0.6 is 11.3 Å². The van der Waals surface area contributed by atoms with Crippen molar-refractivity contribution in [1.82, 2.24) is 9.88 Å². The monoisotopic (exact) mass is 433 g/mol. The molecule has 4 rings (SSSR count). The van der Waals surface area contributed by atoms with Gasteiger partial charge in [0.1, 0.15) is 0 Å². The van der Waals surface area contributed by atoms with Gasteiger partial charge in [0.15, 0.2) is 5.13 Å². The third-order valence-electron chi connectivity index (χ3n) is 8.48. The van der Waals surface area contributed by atoms with E-state index in [1.807, 2.05) is 0 Å². The minimum absolute atomic E-state index is 0.235. The molecule has 1 aromatic rings. The highest BCUT2D eigenvalue weighted by molar-refractivity contribution is 7.13. The molecule has 1 N–H and O–H groups in total. The van der Waals surface area contributed by atoms with E-state index in [0.29, 0.717) is 23.3 Å². The van der Waals surface area contributed by atoms with Crippen molar-refractivity contribution in [1.29, 1.82) is 0 Å². The first-order chi connectivity index (χ1) is 14.2. The van der Waals surface area contributed by atoms with Gasteiger partial charge in [-0.15, -0.1) is 11.3 Å². The summed E-state index contributed by atoms with van der Waals surface area (Å²) < 4.78 is 0. The van der Waals surface area contributed by atoms with Crippen molar-refractivity contribution < 1.29 is 9.90 Å². The Balaban J connectivity index is 1.37. The van der Waals surface area contributed by atoms with Crippen molar-refractivity contribution in [2.75, 3.05) is 37.6 Å². The Morgan fingerprint density at radius 2 is 1.77 bits per heavy atom. The number of hydrogen-bond donors (Lipinski definition) is 1. The fourth-order valence-corrected chi connectivity index (χ4v) is 7.24. The van der Waals surface area contributed by atoms with Crippen LogP contribution in [0, 0.1) is 22.7 Å². The minimum atomic E-state index is -0.707. The molecule has 2 heterocycles. The van der Waals surface area contributed by atoms with E-state index in [1.54, 1.807) is 11.3 Å². The molecular formula is C24H39N3O2S. The summed E-state index contributed by atoms with van der Waals surface area (Å²) >= 11 is 1.80. The average molecular weight is 434 g/mol. The lowest BCUT2D eigenvalue weighted by molar-refractivity contribution is -0.137. The van der Waals surface area contributed by atoms with Gasteiger partial charge in [-0.1, -0.05) is 27.7 Å². The molecule has 2 aliphatic carbocycles. The minimum Gasteiger partial charge on any atom is -0.481 e. The molecule has 30 heavy (non-hydrogen) atoms. The van der Waals surface area contributed by atoms with Crippen molar-refractivity contribution in [2.45, 2.75) is 72.1 Å². The summed E-state index contributed by atoms with van der Waals surface area (Å²) in [6.45, 7) is 14.4. The topological polar surface area (TPSA) is 56.7 Å². The Morgan fingerprint density at radius 1 is 1.10 bits per heavy atom. The predicted octanol–water partition coefficient (Wildman–Crippen LogP) is 5.09. The summed E-state index contributed by atoms with van der Waals surface area (Å²) in [5.74, 6) is 1.57. The highest BCUT2D eigenvalue weighted by Gasteiger charge is 2.50. The molecule has 0 spiro atoms. The molecule has 3 fully saturated rings. The number of thiazole rings is 1. The standard InChI is InChI=1S/C24H39N3O2S/c1-23(2)8-9-24(3,4)19-15-17(5-6-18(19)23)20-16-30-22(25-20)27-13-11-26(12-14-27)10-7-21(28)29/h16-19H,5-15H2,1-4H3,(H,28,29). The van der Waals surface area contributed by atoms with Gasteiger partial charge in [-0.25, -0.2) is 4.98 Å². The van der Waals surface area contributed by atoms with E-state index in [9.17, 15) is 4.79 Å². The summed E-state index contributed by atoms with van der Waals surface area (Å²) in [5.41, 5.74) is 2.25. The number of aromatic nitrogens is 1. The number of carboxylic acids is 1. The molecule has 3 aliphatic rings. The third-order valence-corrected chi connectivity index (χ3v) is 9.40. The lowest BCUT2D eigenvalue weighted by Gasteiger charge is -2.55. The van der Waals surface area contributed by atoms with E-state index in [4.69, 9.17) is 10.1 Å². The van der Waals surface area contributed by atoms with Gasteiger partial charge >= 0.3 is 5.97 Å². The molecule has 3 atom stereocenters. The molecule has 168 valence electrons. The summed E-state index contributed by atoms with van der Waals surface area (Å²) in [5, 5.41) is 12.4. The number of anilines is 1. The van der Waals surface area contributed by atoms with E-state index in [0.717, 1.165) is 43.1 Å². The zero-order chi connectivity index (χ0) is 21.5. The van der Waals surface area contributed by atoms with Crippen LogP contribution in [0.3, 0.4) is 0 Å². The first-order valence-corrected chi connectivity index (χ1v) is 12.7. The van der Waals surface area contributed by atoms with Crippen LogP contribution in [-0.2, 0) is 4.79 Å². The fourth-order valence-electron chi connectivity index (χ4n) is 6.28. The Kier molecular flexibility index (Phi) is 6.19. The Hall–Kier alpha value is -1.14. The van der Waals surface area contributed by atoms with Crippen LogP contribution in [0.4, 0.5) is 5.13 Å². The zero-order valence-corrected chi connectivity index (χ0v) is 20.0. The SMILES string of the molecule is CC1(C)CCC(C)(C)C2CC(c3csc(N4CCN(CCC(=O)O)CC4)n3)CCC21. The molecular weight excluding hydrogens is 394 g/mol. The van der Waals surface area contributed by atoms with Crippen molar-refractivity contribution in [2.24, 2.45) is 22.7 Å². The maximum absolute atomic E-state index is 10.8. The Labute approximate surface area is 185 Å². The Morgan fingerprint density at radius 3 is 2.43 bits per heavy atom. The normalized spacial score (nSPS) is 31.3. The van der Waals surface area contributed by atoms with Crippen LogP contribution < -0.4 is 4.90 Å². The number of hydrogen-bond acceptors (Lipinski definition) is 5. The van der Waals surface area contributed by atoms with Gasteiger partial charge < -0.3 is 10.0 Å². The molecule has 1 aromatic heterocycles. The first kappa shape index (κ1) is 22.1. The molecule has 1 saturated heterocycles. The maximum Gasteiger partial charge on any atom is 0.304 e. The number of carbonyl (C=O) groups is 1. The second kappa shape index (κ2) is 8.42. The quantitative estimate of drug-likeness (QED) is 0.701. The van der Waals surface area contributed by atoms with E-state index < -0.39 is 5.97 Å². The van der Waals surface area contributed by atoms with E-state index in [-0.39, 0.29) is 6.42 Å². The highest BCUT2D eigenvalue weighted by atomic mass is 32.1. The van der Waals surface area contributed by atoms with Crippen molar-refractivity contribution in [3.05, 3.63) is 11.1 Å². The maximum atomic E-state index is 10.8. The van der Waals surface area contributed by atoms with Crippen LogP contribution in [-0.4, -0.2) is 53.7 Å². The van der Waals surface area contributed by atoms with Gasteiger partial charge in [-0.05, 0) is 54.8 Å². The van der Waals surface area contributed by atoms with E-state index in [1.165, 1.54) is 37.8 Å². The third kappa shape index (κ3) is 4.55. The predicted molar refractivity (Wildman–Crippen MR) is 123 cm³/mol. The van der Waals surface area contributed by atoms with Gasteiger partial charge in [0.2, 0.25) is 0 Å². The molecule has 0 radical (unpaired) electrons. The van der Waals surface area contributed by atoms with E-state index in [2.05, 4.69) is 42.9 Å². The highest BCUT2D eigenvalue weighted by Crippen LogP contribution is 2.59. The molecule has 5 nitrogen and oxygen atoms in total. The van der Waals surface area contributed by atoms with Crippen molar-refractivity contribution in [3.8, 4) is 0 Å². The number of carboxylic acid groups (broad SMARTS) is 1. The second-order valence-electron chi connectivity index (χ2n) is 11.2. The average Bonchev–Trinajstić information content (AvgIpc) is 3.20. The number of aliphatic carboxylic acids is 1. The number of rotatable bonds is 5. The summed E-state index contributed by atoms with van der Waals surface area (Å²) in [4.78, 5) is 20.6. The second-order valence-corrected chi connectivity index (χ2v) is 12.1. The van der Waals surface area contributed by atoms with Crippen molar-refractivity contribution in [3.63, 3.8) is 0 Å². The van der Waals surface area contributed by atoms with Crippen LogP contribution in [0.2, 0.25) is 0 Å². The molecule has 0 amide bonds. The van der Waals surface area contributed by atoms with Gasteiger partial charge in [-0.3, -0.25) is 9.69 Å². The van der Waals surface area contributed by atoms with Crippen LogP contribution in [0.25, 0.3) is 0 Å². The molecule has 0 bridgehead atoms. The smallest absolute Gasteiger partial charge is 0.304 e. The fraction of sp³-hybridized carbons (Fsp3) is 0.833. The molecule has 0 aromatic carbocycles. The van der Waals surface area contributed by atoms with E-state index >= 15 is 0 Å². The largest absolute Gasteiger partial charge is 0.481 e. The molecule has 3 unspecified atom stereocenters. The first-order valence-electron chi connectivity index (χ1n) is 11.8. The van der Waals surface area contributed by atoms with Gasteiger partial charge in [0.25, 0.3) is 0 Å². The van der Waals surface area contributed by atoms with Gasteiger partial charge in [-0.2, -0.15) is 0 Å². The van der Waals surface area contributed by atoms with Crippen LogP contribution in [0.1, 0.15) is 77.8 Å². The molecule has 1 aliphatic heterocycles. The number of piperazine rings is 1. The molecule has 6 heteroatoms. The molecule has 2 saturated carbocycles. The van der Waals surface area contributed by atoms with Gasteiger partial charge in [0.05, 0.1) is 12.1 Å². The zero-order valence-electron chi connectivity index (χ0n) is 19.2. The number of fused-ring (bicyclic) bond motifs is 1. The van der Waals surface area contributed by atoms with Crippen molar-refractivity contribution >= 4 is 22.4 Å². The summed E-state index contributed by atoms with van der Waals surface area (Å²) in [6, 6.07) is 0. The Bertz CT molecular complexity index is 751. The lowest BCUT2D eigenvalue weighted by Crippen LogP contribution is -2.47. The van der Waals surface area contributed by atoms with Crippen LogP contribution in [0.15, 0.2) is 5.38 Å². The summed E-state index contributed by atoms with van der Waals surface area (Å²) in [6.07, 6.45) is 6.88.